The van der Waals surface area contributed by atoms with Gasteiger partial charge in [-0.2, -0.15) is 0 Å². The van der Waals surface area contributed by atoms with Crippen molar-refractivity contribution in [3.05, 3.63) is 76.6 Å². The van der Waals surface area contributed by atoms with E-state index in [1.54, 1.807) is 16.8 Å². The second-order valence-electron chi connectivity index (χ2n) is 7.84. The first kappa shape index (κ1) is 19.8. The van der Waals surface area contributed by atoms with E-state index in [0.29, 0.717) is 41.8 Å². The lowest BCUT2D eigenvalue weighted by Gasteiger charge is -2.14. The quantitative estimate of drug-likeness (QED) is 0.481. The van der Waals surface area contributed by atoms with Crippen molar-refractivity contribution in [2.24, 2.45) is 5.92 Å². The number of hydrogen-bond donors (Lipinski definition) is 1. The molecule has 3 aromatic heterocycles. The van der Waals surface area contributed by atoms with Gasteiger partial charge in [0.15, 0.2) is 5.65 Å². The van der Waals surface area contributed by atoms with Crippen LogP contribution in [0.2, 0.25) is 0 Å². The Morgan fingerprint density at radius 2 is 1.83 bits per heavy atom. The van der Waals surface area contributed by atoms with Crippen LogP contribution < -0.4 is 10.9 Å². The first-order chi connectivity index (χ1) is 14.5. The van der Waals surface area contributed by atoms with Crippen LogP contribution in [0.3, 0.4) is 0 Å². The summed E-state index contributed by atoms with van der Waals surface area (Å²) in [5.41, 5.74) is 1.28. The summed E-state index contributed by atoms with van der Waals surface area (Å²) < 4.78 is 3.60. The minimum Gasteiger partial charge on any atom is -0.352 e. The third-order valence-electron chi connectivity index (χ3n) is 5.05. The Hall–Kier alpha value is -3.48. The number of nitrogens with one attached hydrogen (secondary N) is 1. The van der Waals surface area contributed by atoms with E-state index in [1.165, 1.54) is 0 Å². The standard InChI is InChI=1S/C23H25N5O2/c1-16(2)14-27-15-19(17-8-3-4-9-18(17)23(27)30)22(29)24-12-7-11-21-26-25-20-10-5-6-13-28(20)21/h3-6,8-10,13,15-16H,7,11-12,14H2,1-2H3,(H,24,29). The molecule has 0 saturated carbocycles. The molecule has 7 nitrogen and oxygen atoms in total. The number of aryl methyl sites for hydroxylation is 1. The van der Waals surface area contributed by atoms with E-state index in [2.05, 4.69) is 29.4 Å². The summed E-state index contributed by atoms with van der Waals surface area (Å²) in [6.07, 6.45) is 5.07. The van der Waals surface area contributed by atoms with Gasteiger partial charge in [0.25, 0.3) is 11.5 Å². The second kappa shape index (κ2) is 8.49. The van der Waals surface area contributed by atoms with E-state index in [9.17, 15) is 9.59 Å². The van der Waals surface area contributed by atoms with Gasteiger partial charge >= 0.3 is 0 Å². The van der Waals surface area contributed by atoms with Crippen LogP contribution in [0.25, 0.3) is 16.4 Å². The van der Waals surface area contributed by atoms with Crippen LogP contribution in [0.15, 0.2) is 59.7 Å². The average Bonchev–Trinajstić information content (AvgIpc) is 3.16. The van der Waals surface area contributed by atoms with Gasteiger partial charge in [-0.3, -0.25) is 14.0 Å². The highest BCUT2D eigenvalue weighted by molar-refractivity contribution is 6.06. The van der Waals surface area contributed by atoms with Gasteiger partial charge < -0.3 is 9.88 Å². The Labute approximate surface area is 174 Å². The minimum atomic E-state index is -0.171. The number of aromatic nitrogens is 4. The van der Waals surface area contributed by atoms with Gasteiger partial charge in [0.1, 0.15) is 5.82 Å². The smallest absolute Gasteiger partial charge is 0.258 e. The highest BCUT2D eigenvalue weighted by Gasteiger charge is 2.15. The van der Waals surface area contributed by atoms with Gasteiger partial charge in [-0.05, 0) is 30.5 Å². The monoisotopic (exact) mass is 403 g/mol. The van der Waals surface area contributed by atoms with Gasteiger partial charge in [-0.25, -0.2) is 0 Å². The lowest BCUT2D eigenvalue weighted by atomic mass is 10.1. The van der Waals surface area contributed by atoms with Crippen LogP contribution in [0, 0.1) is 5.92 Å². The van der Waals surface area contributed by atoms with Crippen LogP contribution >= 0.6 is 0 Å². The van der Waals surface area contributed by atoms with Crippen LogP contribution in [0.4, 0.5) is 0 Å². The number of nitrogens with zero attached hydrogens (tertiary/aromatic N) is 4. The molecule has 0 spiro atoms. The van der Waals surface area contributed by atoms with E-state index in [0.717, 1.165) is 17.9 Å². The predicted octanol–water partition coefficient (Wildman–Crippen LogP) is 3.06. The maximum absolute atomic E-state index is 12.9. The number of fused-ring (bicyclic) bond motifs is 2. The molecule has 0 fully saturated rings. The third kappa shape index (κ3) is 3.96. The summed E-state index contributed by atoms with van der Waals surface area (Å²) in [7, 11) is 0. The summed E-state index contributed by atoms with van der Waals surface area (Å²) in [6.45, 7) is 5.19. The van der Waals surface area contributed by atoms with Crippen molar-refractivity contribution in [1.29, 1.82) is 0 Å². The second-order valence-corrected chi connectivity index (χ2v) is 7.84. The molecule has 1 amide bonds. The summed E-state index contributed by atoms with van der Waals surface area (Å²) >= 11 is 0. The van der Waals surface area contributed by atoms with Crippen LogP contribution in [-0.4, -0.2) is 31.6 Å². The molecule has 1 N–H and O–H groups in total. The topological polar surface area (TPSA) is 81.3 Å². The van der Waals surface area contributed by atoms with E-state index < -0.39 is 0 Å². The summed E-state index contributed by atoms with van der Waals surface area (Å²) in [5, 5.41) is 12.6. The van der Waals surface area contributed by atoms with E-state index >= 15 is 0 Å². The molecule has 0 aliphatic rings. The first-order valence-corrected chi connectivity index (χ1v) is 10.2. The number of rotatable bonds is 7. The summed E-state index contributed by atoms with van der Waals surface area (Å²) in [5.74, 6) is 1.00. The van der Waals surface area contributed by atoms with Crippen LogP contribution in [0.1, 0.15) is 36.5 Å². The van der Waals surface area contributed by atoms with Crippen molar-refractivity contribution in [2.45, 2.75) is 33.2 Å². The maximum atomic E-state index is 12.9. The Kier molecular flexibility index (Phi) is 5.61. The van der Waals surface area contributed by atoms with Gasteiger partial charge in [-0.15, -0.1) is 10.2 Å². The van der Waals surface area contributed by atoms with Gasteiger partial charge in [-0.1, -0.05) is 38.1 Å². The third-order valence-corrected chi connectivity index (χ3v) is 5.05. The average molecular weight is 403 g/mol. The zero-order valence-electron chi connectivity index (χ0n) is 17.2. The van der Waals surface area contributed by atoms with Crippen molar-refractivity contribution in [1.82, 2.24) is 24.5 Å². The Morgan fingerprint density at radius 1 is 1.07 bits per heavy atom. The summed E-state index contributed by atoms with van der Waals surface area (Å²) in [4.78, 5) is 25.7. The summed E-state index contributed by atoms with van der Waals surface area (Å²) in [6, 6.07) is 13.1. The number of amides is 1. The number of carbonyl (C=O) groups excluding carboxylic acids is 1. The molecule has 4 aromatic rings. The van der Waals surface area contributed by atoms with Crippen molar-refractivity contribution in [3.8, 4) is 0 Å². The molecule has 0 bridgehead atoms. The Balaban J connectivity index is 1.49. The molecule has 0 atom stereocenters. The zero-order chi connectivity index (χ0) is 21.1. The highest BCUT2D eigenvalue weighted by Crippen LogP contribution is 2.16. The predicted molar refractivity (Wildman–Crippen MR) is 117 cm³/mol. The minimum absolute atomic E-state index is 0.0606. The van der Waals surface area contributed by atoms with Gasteiger partial charge in [0.05, 0.1) is 5.56 Å². The lowest BCUT2D eigenvalue weighted by Crippen LogP contribution is -2.29. The van der Waals surface area contributed by atoms with Gasteiger partial charge in [0, 0.05) is 42.7 Å². The maximum Gasteiger partial charge on any atom is 0.258 e. The van der Waals surface area contributed by atoms with E-state index in [4.69, 9.17) is 0 Å². The number of pyridine rings is 2. The van der Waals surface area contributed by atoms with Crippen molar-refractivity contribution in [2.75, 3.05) is 6.54 Å². The SMILES string of the molecule is CC(C)Cn1cc(C(=O)NCCCc2nnc3ccccn23)c2ccccc2c1=O. The van der Waals surface area contributed by atoms with Crippen LogP contribution in [-0.2, 0) is 13.0 Å². The molecule has 0 unspecified atom stereocenters. The molecule has 0 radical (unpaired) electrons. The van der Waals surface area contributed by atoms with Crippen molar-refractivity contribution < 1.29 is 4.79 Å². The molecular formula is C23H25N5O2. The first-order valence-electron chi connectivity index (χ1n) is 10.2. The fraction of sp³-hybridized carbons (Fsp3) is 0.304. The fourth-order valence-electron chi connectivity index (χ4n) is 3.66. The van der Waals surface area contributed by atoms with Crippen LogP contribution in [0.5, 0.6) is 0 Å². The number of carbonyl (C=O) groups is 1. The molecular weight excluding hydrogens is 378 g/mol. The fourth-order valence-corrected chi connectivity index (χ4v) is 3.66. The van der Waals surface area contributed by atoms with Crippen molar-refractivity contribution in [3.63, 3.8) is 0 Å². The molecule has 4 rings (SSSR count). The lowest BCUT2D eigenvalue weighted by molar-refractivity contribution is 0.0954. The molecule has 30 heavy (non-hydrogen) atoms. The molecule has 0 aliphatic carbocycles. The molecule has 154 valence electrons. The normalized spacial score (nSPS) is 11.4. The number of benzene rings is 1. The largest absolute Gasteiger partial charge is 0.352 e. The highest BCUT2D eigenvalue weighted by atomic mass is 16.2. The zero-order valence-corrected chi connectivity index (χ0v) is 17.2. The molecule has 1 aromatic carbocycles. The molecule has 0 aliphatic heterocycles. The van der Waals surface area contributed by atoms with Crippen molar-refractivity contribution >= 4 is 22.3 Å². The molecule has 7 heteroatoms. The Bertz CT molecular complexity index is 1260. The number of hydrogen-bond acceptors (Lipinski definition) is 4. The van der Waals surface area contributed by atoms with E-state index in [1.807, 2.05) is 47.0 Å². The van der Waals surface area contributed by atoms with Gasteiger partial charge in [0.2, 0.25) is 0 Å². The van der Waals surface area contributed by atoms with E-state index in [-0.39, 0.29) is 11.5 Å². The Morgan fingerprint density at radius 3 is 2.63 bits per heavy atom. The molecule has 0 saturated heterocycles. The molecule has 3 heterocycles.